The van der Waals surface area contributed by atoms with Crippen molar-refractivity contribution in [3.05, 3.63) is 11.6 Å². The van der Waals surface area contributed by atoms with E-state index in [0.717, 1.165) is 25.9 Å². The summed E-state index contributed by atoms with van der Waals surface area (Å²) in [6, 6.07) is 0. The third kappa shape index (κ3) is 13.0. The maximum absolute atomic E-state index is 11.3. The Morgan fingerprint density at radius 3 is 2.33 bits per heavy atom. The maximum Gasteiger partial charge on any atom is 0.407 e. The number of carbonyl (C=O) groups excluding carboxylic acids is 1. The number of hydrogen-bond donors (Lipinski definition) is 2. The molecule has 0 saturated carbocycles. The minimum Gasteiger partial charge on any atom is -0.444 e. The fourth-order valence-corrected chi connectivity index (χ4v) is 1.26. The lowest BCUT2D eigenvalue weighted by Crippen LogP contribution is -2.33. The van der Waals surface area contributed by atoms with Crippen LogP contribution in [0.25, 0.3) is 0 Å². The zero-order valence-corrected chi connectivity index (χ0v) is 12.4. The van der Waals surface area contributed by atoms with Crippen molar-refractivity contribution in [1.29, 1.82) is 0 Å². The minimum atomic E-state index is -0.421. The molecule has 4 heteroatoms. The molecule has 0 radical (unpaired) electrons. The lowest BCUT2D eigenvalue weighted by molar-refractivity contribution is 0.0527. The maximum atomic E-state index is 11.3. The standard InChI is InChI=1S/C14H28N2O2/c1-12(2)8-11-15-9-6-7-10-16-13(17)18-14(3,4)5/h8,15H,6-7,9-11H2,1-5H3,(H,16,17). The van der Waals surface area contributed by atoms with E-state index in [1.807, 2.05) is 20.8 Å². The second kappa shape index (κ2) is 8.97. The molecule has 0 aromatic rings. The highest BCUT2D eigenvalue weighted by molar-refractivity contribution is 5.67. The number of rotatable bonds is 7. The summed E-state index contributed by atoms with van der Waals surface area (Å²) in [5.41, 5.74) is 0.907. The van der Waals surface area contributed by atoms with Crippen LogP contribution in [0.3, 0.4) is 0 Å². The summed E-state index contributed by atoms with van der Waals surface area (Å²) >= 11 is 0. The Hall–Kier alpha value is -1.03. The molecule has 106 valence electrons. The van der Waals surface area contributed by atoms with Crippen LogP contribution in [0.2, 0.25) is 0 Å². The molecule has 0 aliphatic heterocycles. The molecule has 0 fully saturated rings. The van der Waals surface area contributed by atoms with Gasteiger partial charge in [-0.05, 0) is 54.0 Å². The third-order valence-corrected chi connectivity index (χ3v) is 2.10. The fourth-order valence-electron chi connectivity index (χ4n) is 1.26. The van der Waals surface area contributed by atoms with E-state index >= 15 is 0 Å². The van der Waals surface area contributed by atoms with Gasteiger partial charge in [-0.25, -0.2) is 4.79 Å². The Morgan fingerprint density at radius 1 is 1.17 bits per heavy atom. The molecule has 0 spiro atoms. The highest BCUT2D eigenvalue weighted by atomic mass is 16.6. The van der Waals surface area contributed by atoms with Crippen LogP contribution in [0.1, 0.15) is 47.5 Å². The van der Waals surface area contributed by atoms with Crippen LogP contribution in [0, 0.1) is 0 Å². The van der Waals surface area contributed by atoms with Gasteiger partial charge in [0.25, 0.3) is 0 Å². The average Bonchev–Trinajstić information content (AvgIpc) is 2.18. The van der Waals surface area contributed by atoms with E-state index < -0.39 is 5.60 Å². The normalized spacial score (nSPS) is 10.9. The second-order valence-electron chi connectivity index (χ2n) is 5.62. The van der Waals surface area contributed by atoms with Gasteiger partial charge in [-0.15, -0.1) is 0 Å². The molecule has 0 aliphatic carbocycles. The van der Waals surface area contributed by atoms with Gasteiger partial charge in [0, 0.05) is 13.1 Å². The van der Waals surface area contributed by atoms with E-state index in [-0.39, 0.29) is 6.09 Å². The van der Waals surface area contributed by atoms with Crippen LogP contribution in [0.4, 0.5) is 4.79 Å². The number of amides is 1. The van der Waals surface area contributed by atoms with Gasteiger partial charge in [-0.2, -0.15) is 0 Å². The third-order valence-electron chi connectivity index (χ3n) is 2.10. The predicted molar refractivity (Wildman–Crippen MR) is 75.8 cm³/mol. The summed E-state index contributed by atoms with van der Waals surface area (Å²) in [6.45, 7) is 12.3. The van der Waals surface area contributed by atoms with E-state index in [1.54, 1.807) is 0 Å². The van der Waals surface area contributed by atoms with Crippen LogP contribution in [-0.4, -0.2) is 31.3 Å². The van der Waals surface area contributed by atoms with Gasteiger partial charge in [0.1, 0.15) is 5.60 Å². The van der Waals surface area contributed by atoms with Gasteiger partial charge < -0.3 is 15.4 Å². The Balaban J connectivity index is 3.36. The lowest BCUT2D eigenvalue weighted by Gasteiger charge is -2.19. The van der Waals surface area contributed by atoms with Crippen LogP contribution in [-0.2, 0) is 4.74 Å². The Labute approximate surface area is 111 Å². The first-order valence-electron chi connectivity index (χ1n) is 6.62. The van der Waals surface area contributed by atoms with Crippen LogP contribution >= 0.6 is 0 Å². The molecule has 4 nitrogen and oxygen atoms in total. The molecule has 1 amide bonds. The summed E-state index contributed by atoms with van der Waals surface area (Å²) in [5, 5.41) is 6.07. The van der Waals surface area contributed by atoms with E-state index in [0.29, 0.717) is 6.54 Å². The molecule has 0 unspecified atom stereocenters. The van der Waals surface area contributed by atoms with Crippen molar-refractivity contribution in [2.45, 2.75) is 53.1 Å². The molecule has 0 saturated heterocycles. The molecule has 18 heavy (non-hydrogen) atoms. The van der Waals surface area contributed by atoms with Gasteiger partial charge in [0.2, 0.25) is 0 Å². The Morgan fingerprint density at radius 2 is 1.78 bits per heavy atom. The van der Waals surface area contributed by atoms with E-state index in [2.05, 4.69) is 30.6 Å². The van der Waals surface area contributed by atoms with Crippen molar-refractivity contribution in [2.24, 2.45) is 0 Å². The van der Waals surface area contributed by atoms with Crippen molar-refractivity contribution in [3.63, 3.8) is 0 Å². The minimum absolute atomic E-state index is 0.333. The van der Waals surface area contributed by atoms with E-state index in [1.165, 1.54) is 5.57 Å². The van der Waals surface area contributed by atoms with Gasteiger partial charge in [-0.3, -0.25) is 0 Å². The number of alkyl carbamates (subject to hydrolysis) is 1. The fraction of sp³-hybridized carbons (Fsp3) is 0.786. The van der Waals surface area contributed by atoms with Crippen molar-refractivity contribution in [1.82, 2.24) is 10.6 Å². The summed E-state index contributed by atoms with van der Waals surface area (Å²) in [6.07, 6.45) is 3.84. The second-order valence-corrected chi connectivity index (χ2v) is 5.62. The number of nitrogens with one attached hydrogen (secondary N) is 2. The molecule has 0 atom stereocenters. The van der Waals surface area contributed by atoms with Crippen LogP contribution in [0.5, 0.6) is 0 Å². The van der Waals surface area contributed by atoms with Crippen molar-refractivity contribution in [2.75, 3.05) is 19.6 Å². The Kier molecular flexibility index (Phi) is 8.46. The molecule has 0 aromatic heterocycles. The first-order valence-corrected chi connectivity index (χ1v) is 6.62. The summed E-state index contributed by atoms with van der Waals surface area (Å²) in [7, 11) is 0. The van der Waals surface area contributed by atoms with Crippen LogP contribution in [0.15, 0.2) is 11.6 Å². The van der Waals surface area contributed by atoms with Gasteiger partial charge in [0.15, 0.2) is 0 Å². The first kappa shape index (κ1) is 17.0. The van der Waals surface area contributed by atoms with E-state index in [4.69, 9.17) is 4.74 Å². The molecule has 0 heterocycles. The topological polar surface area (TPSA) is 50.4 Å². The van der Waals surface area contributed by atoms with Crippen LogP contribution < -0.4 is 10.6 Å². The molecule has 2 N–H and O–H groups in total. The SMILES string of the molecule is CC(C)=CCNCCCCNC(=O)OC(C)(C)C. The molecule has 0 aromatic carbocycles. The smallest absolute Gasteiger partial charge is 0.407 e. The van der Waals surface area contributed by atoms with Crippen molar-refractivity contribution < 1.29 is 9.53 Å². The monoisotopic (exact) mass is 256 g/mol. The average molecular weight is 256 g/mol. The zero-order valence-electron chi connectivity index (χ0n) is 12.4. The zero-order chi connectivity index (χ0) is 14.0. The number of hydrogen-bond acceptors (Lipinski definition) is 3. The molecular formula is C14H28N2O2. The Bertz CT molecular complexity index is 263. The highest BCUT2D eigenvalue weighted by Gasteiger charge is 2.15. The van der Waals surface area contributed by atoms with Gasteiger partial charge in [0.05, 0.1) is 0 Å². The molecule has 0 rings (SSSR count). The lowest BCUT2D eigenvalue weighted by atomic mass is 10.2. The summed E-state index contributed by atoms with van der Waals surface area (Å²) in [5.74, 6) is 0. The quantitative estimate of drug-likeness (QED) is 0.544. The summed E-state index contributed by atoms with van der Waals surface area (Å²) in [4.78, 5) is 11.3. The van der Waals surface area contributed by atoms with Crippen molar-refractivity contribution in [3.8, 4) is 0 Å². The number of carbonyl (C=O) groups is 1. The van der Waals surface area contributed by atoms with Crippen molar-refractivity contribution >= 4 is 6.09 Å². The number of allylic oxidation sites excluding steroid dienone is 1. The largest absolute Gasteiger partial charge is 0.444 e. The molecule has 0 aliphatic rings. The van der Waals surface area contributed by atoms with Gasteiger partial charge in [-0.1, -0.05) is 11.6 Å². The summed E-state index contributed by atoms with van der Waals surface area (Å²) < 4.78 is 5.14. The van der Waals surface area contributed by atoms with E-state index in [9.17, 15) is 4.79 Å². The number of unbranched alkanes of at least 4 members (excludes halogenated alkanes) is 1. The van der Waals surface area contributed by atoms with Gasteiger partial charge >= 0.3 is 6.09 Å². The number of ether oxygens (including phenoxy) is 1. The molecular weight excluding hydrogens is 228 g/mol. The predicted octanol–water partition coefficient (Wildman–Crippen LogP) is 2.85. The highest BCUT2D eigenvalue weighted by Crippen LogP contribution is 2.06. The first-order chi connectivity index (χ1) is 8.31. The molecule has 0 bridgehead atoms.